The summed E-state index contributed by atoms with van der Waals surface area (Å²) >= 11 is 0. The molecular formula is C6H7O4. The average molecular weight is 143 g/mol. The Morgan fingerprint density at radius 2 is 1.70 bits per heavy atom. The lowest BCUT2D eigenvalue weighted by Crippen LogP contribution is -2.10. The number of hydrogen-bond donors (Lipinski definition) is 2. The van der Waals surface area contributed by atoms with E-state index in [-0.39, 0.29) is 6.42 Å². The van der Waals surface area contributed by atoms with Crippen molar-refractivity contribution in [3.05, 3.63) is 18.6 Å². The molecule has 2 N–H and O–H groups in total. The maximum absolute atomic E-state index is 10.1. The third kappa shape index (κ3) is 2.30. The summed E-state index contributed by atoms with van der Waals surface area (Å²) < 4.78 is 0. The first-order chi connectivity index (χ1) is 4.59. The Bertz CT molecular complexity index is 164. The van der Waals surface area contributed by atoms with Crippen LogP contribution in [0.15, 0.2) is 11.6 Å². The Morgan fingerprint density at radius 3 is 1.80 bits per heavy atom. The van der Waals surface area contributed by atoms with Crippen molar-refractivity contribution < 1.29 is 19.8 Å². The highest BCUT2D eigenvalue weighted by Gasteiger charge is 2.13. The van der Waals surface area contributed by atoms with Crippen LogP contribution in [0.1, 0.15) is 6.42 Å². The molecule has 4 nitrogen and oxygen atoms in total. The predicted molar refractivity (Wildman–Crippen MR) is 33.3 cm³/mol. The van der Waals surface area contributed by atoms with E-state index in [0.717, 1.165) is 6.08 Å². The van der Waals surface area contributed by atoms with Crippen LogP contribution in [0, 0.1) is 6.92 Å². The number of carboxylic acids is 2. The van der Waals surface area contributed by atoms with Gasteiger partial charge in [0, 0.05) is 0 Å². The fraction of sp³-hybridized carbons (Fsp3) is 0.167. The molecule has 4 heteroatoms. The van der Waals surface area contributed by atoms with Crippen LogP contribution in [0.2, 0.25) is 0 Å². The van der Waals surface area contributed by atoms with Gasteiger partial charge in [0.25, 0.3) is 0 Å². The fourth-order valence-electron chi connectivity index (χ4n) is 0.410. The lowest BCUT2D eigenvalue weighted by atomic mass is 10.2. The minimum atomic E-state index is -1.43. The van der Waals surface area contributed by atoms with Crippen molar-refractivity contribution in [2.75, 3.05) is 0 Å². The van der Waals surface area contributed by atoms with E-state index >= 15 is 0 Å². The second kappa shape index (κ2) is 3.66. The van der Waals surface area contributed by atoms with E-state index in [0.29, 0.717) is 0 Å². The van der Waals surface area contributed by atoms with Gasteiger partial charge in [0.2, 0.25) is 0 Å². The van der Waals surface area contributed by atoms with Crippen LogP contribution in [-0.2, 0) is 9.59 Å². The van der Waals surface area contributed by atoms with Gasteiger partial charge in [-0.15, -0.1) is 0 Å². The van der Waals surface area contributed by atoms with Crippen molar-refractivity contribution in [2.45, 2.75) is 6.42 Å². The molecule has 0 saturated carbocycles. The van der Waals surface area contributed by atoms with E-state index in [1.54, 1.807) is 0 Å². The van der Waals surface area contributed by atoms with Crippen molar-refractivity contribution in [3.63, 3.8) is 0 Å². The number of hydrogen-bond acceptors (Lipinski definition) is 2. The fourth-order valence-corrected chi connectivity index (χ4v) is 0.410. The Kier molecular flexibility index (Phi) is 3.17. The van der Waals surface area contributed by atoms with Crippen molar-refractivity contribution >= 4 is 11.9 Å². The van der Waals surface area contributed by atoms with Crippen molar-refractivity contribution in [1.82, 2.24) is 0 Å². The molecule has 0 aliphatic heterocycles. The third-order valence-electron chi connectivity index (χ3n) is 0.809. The standard InChI is InChI=1S/C6H7O4/c1-2-3-4(5(7)8)6(9)10/h3H,1-2H2,(H,7,8)(H,9,10). The topological polar surface area (TPSA) is 74.6 Å². The minimum absolute atomic E-state index is 0.161. The van der Waals surface area contributed by atoms with Crippen molar-refractivity contribution in [2.24, 2.45) is 0 Å². The molecule has 10 heavy (non-hydrogen) atoms. The summed E-state index contributed by atoms with van der Waals surface area (Å²) in [5.41, 5.74) is -0.630. The zero-order valence-electron chi connectivity index (χ0n) is 5.20. The average Bonchev–Trinajstić information content (AvgIpc) is 1.81. The molecule has 0 aromatic carbocycles. The highest BCUT2D eigenvalue weighted by atomic mass is 16.4. The molecule has 0 fully saturated rings. The monoisotopic (exact) mass is 143 g/mol. The summed E-state index contributed by atoms with van der Waals surface area (Å²) in [4.78, 5) is 20.1. The first kappa shape index (κ1) is 8.68. The summed E-state index contributed by atoms with van der Waals surface area (Å²) in [6, 6.07) is 0. The zero-order valence-corrected chi connectivity index (χ0v) is 5.20. The highest BCUT2D eigenvalue weighted by Crippen LogP contribution is 1.95. The Hall–Kier alpha value is -1.32. The molecule has 0 aromatic heterocycles. The van der Waals surface area contributed by atoms with Crippen molar-refractivity contribution in [3.8, 4) is 0 Å². The van der Waals surface area contributed by atoms with Gasteiger partial charge in [0.05, 0.1) is 0 Å². The molecule has 55 valence electrons. The number of rotatable bonds is 3. The first-order valence-corrected chi connectivity index (χ1v) is 2.55. The molecule has 0 heterocycles. The molecule has 0 atom stereocenters. The van der Waals surface area contributed by atoms with E-state index in [4.69, 9.17) is 10.2 Å². The molecule has 1 radical (unpaired) electrons. The van der Waals surface area contributed by atoms with Crippen LogP contribution in [0.3, 0.4) is 0 Å². The summed E-state index contributed by atoms with van der Waals surface area (Å²) in [7, 11) is 0. The van der Waals surface area contributed by atoms with Crippen LogP contribution in [0.25, 0.3) is 0 Å². The number of allylic oxidation sites excluding steroid dienone is 1. The van der Waals surface area contributed by atoms with Gasteiger partial charge in [0.1, 0.15) is 5.57 Å². The first-order valence-electron chi connectivity index (χ1n) is 2.55. The lowest BCUT2D eigenvalue weighted by molar-refractivity contribution is -0.140. The largest absolute Gasteiger partial charge is 0.477 e. The molecule has 0 rings (SSSR count). The minimum Gasteiger partial charge on any atom is -0.477 e. The van der Waals surface area contributed by atoms with Crippen LogP contribution in [-0.4, -0.2) is 22.2 Å². The van der Waals surface area contributed by atoms with E-state index in [2.05, 4.69) is 6.92 Å². The number of carboxylic acid groups (broad SMARTS) is 2. The number of carbonyl (C=O) groups is 2. The quantitative estimate of drug-likeness (QED) is 0.338. The zero-order chi connectivity index (χ0) is 8.15. The van der Waals surface area contributed by atoms with Gasteiger partial charge in [-0.25, -0.2) is 9.59 Å². The molecule has 0 aliphatic carbocycles. The molecule has 0 aromatic rings. The van der Waals surface area contributed by atoms with Crippen LogP contribution >= 0.6 is 0 Å². The van der Waals surface area contributed by atoms with Crippen LogP contribution in [0.5, 0.6) is 0 Å². The molecule has 0 bridgehead atoms. The molecular weight excluding hydrogens is 136 g/mol. The third-order valence-corrected chi connectivity index (χ3v) is 0.809. The molecule has 0 amide bonds. The summed E-state index contributed by atoms with van der Waals surface area (Å²) in [5.74, 6) is -2.87. The van der Waals surface area contributed by atoms with E-state index in [9.17, 15) is 9.59 Å². The maximum atomic E-state index is 10.1. The Labute approximate surface area is 57.8 Å². The second-order valence-corrected chi connectivity index (χ2v) is 1.52. The van der Waals surface area contributed by atoms with Gasteiger partial charge < -0.3 is 10.2 Å². The normalized spacial score (nSPS) is 8.50. The molecule has 0 aliphatic rings. The second-order valence-electron chi connectivity index (χ2n) is 1.52. The van der Waals surface area contributed by atoms with Gasteiger partial charge >= 0.3 is 11.9 Å². The van der Waals surface area contributed by atoms with E-state index in [1.165, 1.54) is 0 Å². The molecule has 0 saturated heterocycles. The molecule has 0 spiro atoms. The molecule has 0 unspecified atom stereocenters. The van der Waals surface area contributed by atoms with Gasteiger partial charge in [-0.05, 0) is 13.3 Å². The van der Waals surface area contributed by atoms with E-state index in [1.807, 2.05) is 0 Å². The van der Waals surface area contributed by atoms with Gasteiger partial charge in [-0.1, -0.05) is 6.08 Å². The predicted octanol–water partition coefficient (Wildman–Crippen LogP) is 0.306. The SMILES string of the molecule is [CH2]CC=C(C(=O)O)C(=O)O. The Morgan fingerprint density at radius 1 is 1.30 bits per heavy atom. The van der Waals surface area contributed by atoms with Gasteiger partial charge in [-0.3, -0.25) is 0 Å². The van der Waals surface area contributed by atoms with Gasteiger partial charge in [0.15, 0.2) is 0 Å². The maximum Gasteiger partial charge on any atom is 0.342 e. The van der Waals surface area contributed by atoms with Crippen LogP contribution in [0.4, 0.5) is 0 Å². The highest BCUT2D eigenvalue weighted by molar-refractivity contribution is 6.12. The Balaban J connectivity index is 4.42. The van der Waals surface area contributed by atoms with Crippen molar-refractivity contribution in [1.29, 1.82) is 0 Å². The van der Waals surface area contributed by atoms with Gasteiger partial charge in [-0.2, -0.15) is 0 Å². The lowest BCUT2D eigenvalue weighted by Gasteiger charge is -1.91. The van der Waals surface area contributed by atoms with Crippen LogP contribution < -0.4 is 0 Å². The summed E-state index contributed by atoms with van der Waals surface area (Å²) in [5, 5.41) is 16.4. The summed E-state index contributed by atoms with van der Waals surface area (Å²) in [6.45, 7) is 3.29. The summed E-state index contributed by atoms with van der Waals surface area (Å²) in [6.07, 6.45) is 1.21. The van der Waals surface area contributed by atoms with E-state index < -0.39 is 17.5 Å². The smallest absolute Gasteiger partial charge is 0.342 e. The number of aliphatic carboxylic acids is 2.